The second kappa shape index (κ2) is 5.17. The first-order valence-electron chi connectivity index (χ1n) is 5.77. The molecule has 0 bridgehead atoms. The summed E-state index contributed by atoms with van der Waals surface area (Å²) in [5.41, 5.74) is -0.0522. The molecular formula is C12H18BrNOS. The van der Waals surface area contributed by atoms with Crippen LogP contribution in [0, 0.1) is 0 Å². The van der Waals surface area contributed by atoms with Crippen LogP contribution in [0.4, 0.5) is 0 Å². The molecule has 2 nitrogen and oxygen atoms in total. The van der Waals surface area contributed by atoms with Crippen LogP contribution in [-0.4, -0.2) is 18.8 Å². The minimum Gasteiger partial charge on any atom is -0.373 e. The molecule has 1 aliphatic rings. The van der Waals surface area contributed by atoms with Crippen molar-refractivity contribution in [2.75, 3.05) is 13.2 Å². The molecule has 0 spiro atoms. The van der Waals surface area contributed by atoms with Crippen molar-refractivity contribution in [3.8, 4) is 0 Å². The van der Waals surface area contributed by atoms with E-state index in [2.05, 4.69) is 46.5 Å². The Kier molecular flexibility index (Phi) is 4.06. The van der Waals surface area contributed by atoms with Crippen LogP contribution in [0.25, 0.3) is 0 Å². The Morgan fingerprint density at radius 2 is 2.50 bits per heavy atom. The predicted molar refractivity (Wildman–Crippen MR) is 72.0 cm³/mol. The fraction of sp³-hybridized carbons (Fsp3) is 0.667. The van der Waals surface area contributed by atoms with Gasteiger partial charge in [-0.05, 0) is 53.7 Å². The van der Waals surface area contributed by atoms with Gasteiger partial charge in [-0.3, -0.25) is 0 Å². The maximum atomic E-state index is 5.96. The highest BCUT2D eigenvalue weighted by molar-refractivity contribution is 9.10. The van der Waals surface area contributed by atoms with E-state index in [0.717, 1.165) is 19.6 Å². The number of ether oxygens (including phenoxy) is 1. The number of nitrogens with one attached hydrogen (secondary N) is 1. The van der Waals surface area contributed by atoms with Crippen LogP contribution in [0.5, 0.6) is 0 Å². The summed E-state index contributed by atoms with van der Waals surface area (Å²) in [5, 5.41) is 5.69. The van der Waals surface area contributed by atoms with Gasteiger partial charge >= 0.3 is 0 Å². The maximum Gasteiger partial charge on any atom is 0.0857 e. The van der Waals surface area contributed by atoms with E-state index >= 15 is 0 Å². The summed E-state index contributed by atoms with van der Waals surface area (Å²) in [6.45, 7) is 6.22. The first kappa shape index (κ1) is 12.6. The molecule has 2 rings (SSSR count). The molecule has 1 aromatic rings. The van der Waals surface area contributed by atoms with Gasteiger partial charge in [-0.1, -0.05) is 6.92 Å². The molecule has 0 radical (unpaired) electrons. The predicted octanol–water partition coefficient (Wildman–Crippen LogP) is 3.73. The fourth-order valence-electron chi connectivity index (χ4n) is 2.33. The van der Waals surface area contributed by atoms with Crippen LogP contribution in [-0.2, 0) is 4.74 Å². The van der Waals surface area contributed by atoms with Crippen LogP contribution in [0.15, 0.2) is 15.9 Å². The van der Waals surface area contributed by atoms with Gasteiger partial charge in [-0.25, -0.2) is 0 Å². The van der Waals surface area contributed by atoms with Crippen molar-refractivity contribution in [3.63, 3.8) is 0 Å². The number of thiophene rings is 1. The van der Waals surface area contributed by atoms with E-state index in [1.807, 2.05) is 0 Å². The van der Waals surface area contributed by atoms with Crippen molar-refractivity contribution in [2.45, 2.75) is 38.3 Å². The third-order valence-electron chi connectivity index (χ3n) is 3.18. The minimum atomic E-state index is -0.0522. The zero-order valence-electron chi connectivity index (χ0n) is 9.75. The van der Waals surface area contributed by atoms with Gasteiger partial charge in [0.05, 0.1) is 11.6 Å². The fourth-order valence-corrected chi connectivity index (χ4v) is 4.15. The molecule has 1 aromatic heterocycles. The molecular weight excluding hydrogens is 286 g/mol. The Hall–Kier alpha value is 0.1000. The molecule has 4 heteroatoms. The SMILES string of the molecule is CCNC(c1sccc1Br)C1(C)CCCO1. The van der Waals surface area contributed by atoms with Gasteiger partial charge in [0.25, 0.3) is 0 Å². The highest BCUT2D eigenvalue weighted by Gasteiger charge is 2.40. The van der Waals surface area contributed by atoms with Crippen LogP contribution < -0.4 is 5.32 Å². The number of likely N-dealkylation sites (N-methyl/N-ethyl adjacent to an activating group) is 1. The summed E-state index contributed by atoms with van der Waals surface area (Å²) in [6.07, 6.45) is 2.30. The van der Waals surface area contributed by atoms with Gasteiger partial charge in [-0.2, -0.15) is 0 Å². The topological polar surface area (TPSA) is 21.3 Å². The smallest absolute Gasteiger partial charge is 0.0857 e. The van der Waals surface area contributed by atoms with Crippen LogP contribution in [0.3, 0.4) is 0 Å². The molecule has 1 N–H and O–H groups in total. The highest BCUT2D eigenvalue weighted by Crippen LogP contribution is 2.41. The van der Waals surface area contributed by atoms with Crippen molar-refractivity contribution >= 4 is 27.3 Å². The van der Waals surface area contributed by atoms with Crippen molar-refractivity contribution < 1.29 is 4.74 Å². The summed E-state index contributed by atoms with van der Waals surface area (Å²) < 4.78 is 7.15. The first-order chi connectivity index (χ1) is 7.67. The highest BCUT2D eigenvalue weighted by atomic mass is 79.9. The van der Waals surface area contributed by atoms with Crippen LogP contribution in [0.1, 0.15) is 37.6 Å². The zero-order valence-corrected chi connectivity index (χ0v) is 12.2. The van der Waals surface area contributed by atoms with Gasteiger partial charge in [0, 0.05) is 16.0 Å². The molecule has 0 aliphatic carbocycles. The Morgan fingerprint density at radius 3 is 3.00 bits per heavy atom. The van der Waals surface area contributed by atoms with Crippen molar-refractivity contribution in [1.29, 1.82) is 0 Å². The third-order valence-corrected chi connectivity index (χ3v) is 5.11. The molecule has 0 amide bonds. The molecule has 90 valence electrons. The molecule has 1 aliphatic heterocycles. The lowest BCUT2D eigenvalue weighted by molar-refractivity contribution is -0.0113. The van der Waals surface area contributed by atoms with Crippen molar-refractivity contribution in [1.82, 2.24) is 5.32 Å². The molecule has 2 atom stereocenters. The Labute approximate surface area is 110 Å². The average molecular weight is 304 g/mol. The quantitative estimate of drug-likeness (QED) is 0.915. The zero-order chi connectivity index (χ0) is 11.6. The molecule has 0 aromatic carbocycles. The number of halogens is 1. The van der Waals surface area contributed by atoms with Gasteiger partial charge in [0.1, 0.15) is 0 Å². The minimum absolute atomic E-state index is 0.0522. The second-order valence-corrected chi connectivity index (χ2v) is 6.19. The lowest BCUT2D eigenvalue weighted by Gasteiger charge is -2.33. The van der Waals surface area contributed by atoms with E-state index in [-0.39, 0.29) is 5.60 Å². The average Bonchev–Trinajstić information content (AvgIpc) is 2.85. The first-order valence-corrected chi connectivity index (χ1v) is 7.45. The van der Waals surface area contributed by atoms with Crippen LogP contribution >= 0.6 is 27.3 Å². The van der Waals surface area contributed by atoms with E-state index in [9.17, 15) is 0 Å². The second-order valence-electron chi connectivity index (χ2n) is 4.39. The number of hydrogen-bond acceptors (Lipinski definition) is 3. The lowest BCUT2D eigenvalue weighted by atomic mass is 9.92. The van der Waals surface area contributed by atoms with E-state index in [4.69, 9.17) is 4.74 Å². The Bertz CT molecular complexity index is 347. The summed E-state index contributed by atoms with van der Waals surface area (Å²) in [6, 6.07) is 2.41. The van der Waals surface area contributed by atoms with Gasteiger partial charge in [-0.15, -0.1) is 11.3 Å². The summed E-state index contributed by atoms with van der Waals surface area (Å²) >= 11 is 5.42. The molecule has 16 heavy (non-hydrogen) atoms. The summed E-state index contributed by atoms with van der Waals surface area (Å²) in [4.78, 5) is 1.35. The van der Waals surface area contributed by atoms with E-state index in [1.165, 1.54) is 15.8 Å². The normalized spacial score (nSPS) is 27.2. The molecule has 1 saturated heterocycles. The maximum absolute atomic E-state index is 5.96. The van der Waals surface area contributed by atoms with Crippen molar-refractivity contribution in [3.05, 3.63) is 20.8 Å². The largest absolute Gasteiger partial charge is 0.373 e. The molecule has 2 heterocycles. The standard InChI is InChI=1S/C12H18BrNOS/c1-3-14-11(10-9(13)5-8-16-10)12(2)6-4-7-15-12/h5,8,11,14H,3-4,6-7H2,1-2H3. The van der Waals surface area contributed by atoms with E-state index in [1.54, 1.807) is 11.3 Å². The molecule has 2 unspecified atom stereocenters. The lowest BCUT2D eigenvalue weighted by Crippen LogP contribution is -2.40. The number of rotatable bonds is 4. The van der Waals surface area contributed by atoms with E-state index in [0.29, 0.717) is 6.04 Å². The van der Waals surface area contributed by atoms with Crippen LogP contribution in [0.2, 0.25) is 0 Å². The van der Waals surface area contributed by atoms with Gasteiger partial charge in [0.15, 0.2) is 0 Å². The van der Waals surface area contributed by atoms with Gasteiger partial charge in [0.2, 0.25) is 0 Å². The molecule has 1 fully saturated rings. The van der Waals surface area contributed by atoms with Crippen molar-refractivity contribution in [2.24, 2.45) is 0 Å². The third kappa shape index (κ3) is 2.35. The summed E-state index contributed by atoms with van der Waals surface area (Å²) in [7, 11) is 0. The Morgan fingerprint density at radius 1 is 1.69 bits per heavy atom. The van der Waals surface area contributed by atoms with E-state index < -0.39 is 0 Å². The molecule has 0 saturated carbocycles. The van der Waals surface area contributed by atoms with Gasteiger partial charge < -0.3 is 10.1 Å². The monoisotopic (exact) mass is 303 g/mol. The number of hydrogen-bond donors (Lipinski definition) is 1. The summed E-state index contributed by atoms with van der Waals surface area (Å²) in [5.74, 6) is 0. The Balaban J connectivity index is 2.26.